The Morgan fingerprint density at radius 2 is 1.97 bits per heavy atom. The molecule has 2 amide bonds. The van der Waals surface area contributed by atoms with Gasteiger partial charge in [-0.2, -0.15) is 13.2 Å². The molecule has 4 rings (SSSR count). The topological polar surface area (TPSA) is 58.1 Å². The van der Waals surface area contributed by atoms with E-state index in [1.807, 2.05) is 6.92 Å². The third-order valence-electron chi connectivity index (χ3n) is 5.17. The summed E-state index contributed by atoms with van der Waals surface area (Å²) in [6, 6.07) is 10.4. The molecule has 0 saturated carbocycles. The fraction of sp³-hybridized carbons (Fsp3) is 0.227. The molecular formula is C22H18F4N4O. The maximum atomic E-state index is 13.1. The lowest BCUT2D eigenvalue weighted by Crippen LogP contribution is -2.40. The number of hydrogen-bond acceptors (Lipinski definition) is 3. The second-order valence-electron chi connectivity index (χ2n) is 7.32. The molecule has 1 aliphatic heterocycles. The van der Waals surface area contributed by atoms with Gasteiger partial charge in [-0.15, -0.1) is 0 Å². The van der Waals surface area contributed by atoms with Crippen LogP contribution >= 0.6 is 0 Å². The average Bonchev–Trinajstić information content (AvgIpc) is 2.75. The Morgan fingerprint density at radius 3 is 2.68 bits per heavy atom. The number of aromatic nitrogens is 2. The van der Waals surface area contributed by atoms with E-state index >= 15 is 0 Å². The molecule has 1 aliphatic rings. The molecule has 1 N–H and O–H groups in total. The lowest BCUT2D eigenvalue weighted by Gasteiger charge is -2.32. The number of amides is 2. The molecule has 0 radical (unpaired) electrons. The van der Waals surface area contributed by atoms with Gasteiger partial charge < -0.3 is 0 Å². The number of anilines is 2. The minimum atomic E-state index is -4.47. The first-order valence-electron chi connectivity index (χ1n) is 9.61. The van der Waals surface area contributed by atoms with Crippen LogP contribution in [0.15, 0.2) is 54.7 Å². The molecule has 0 fully saturated rings. The molecule has 0 saturated heterocycles. The van der Waals surface area contributed by atoms with Crippen LogP contribution in [0.3, 0.4) is 0 Å². The summed E-state index contributed by atoms with van der Waals surface area (Å²) in [4.78, 5) is 22.6. The minimum absolute atomic E-state index is 0.131. The van der Waals surface area contributed by atoms with Gasteiger partial charge in [0, 0.05) is 12.1 Å². The number of nitrogens with zero attached hydrogens (tertiary/aromatic N) is 3. The molecule has 1 atom stereocenters. The van der Waals surface area contributed by atoms with Gasteiger partial charge in [0.05, 0.1) is 17.5 Å². The van der Waals surface area contributed by atoms with Crippen molar-refractivity contribution in [3.8, 4) is 11.3 Å². The molecule has 3 heterocycles. The van der Waals surface area contributed by atoms with Crippen LogP contribution in [0.1, 0.15) is 30.4 Å². The fourth-order valence-corrected chi connectivity index (χ4v) is 3.48. The van der Waals surface area contributed by atoms with Crippen LogP contribution in [-0.2, 0) is 6.18 Å². The lowest BCUT2D eigenvalue weighted by atomic mass is 9.93. The summed E-state index contributed by atoms with van der Waals surface area (Å²) >= 11 is 0. The Balaban J connectivity index is 1.68. The van der Waals surface area contributed by atoms with E-state index in [-0.39, 0.29) is 11.7 Å². The Bertz CT molecular complexity index is 1120. The number of nitrogens with one attached hydrogen (secondary N) is 1. The summed E-state index contributed by atoms with van der Waals surface area (Å²) < 4.78 is 52.4. The van der Waals surface area contributed by atoms with E-state index in [2.05, 4.69) is 15.3 Å². The van der Waals surface area contributed by atoms with Crippen LogP contribution in [0.4, 0.5) is 34.0 Å². The van der Waals surface area contributed by atoms with Gasteiger partial charge in [0.1, 0.15) is 17.5 Å². The third-order valence-corrected chi connectivity index (χ3v) is 5.17. The summed E-state index contributed by atoms with van der Waals surface area (Å²) in [6.07, 6.45) is -2.78. The maximum absolute atomic E-state index is 13.1. The van der Waals surface area contributed by atoms with Gasteiger partial charge in [0.25, 0.3) is 0 Å². The first-order chi connectivity index (χ1) is 14.7. The van der Waals surface area contributed by atoms with E-state index in [4.69, 9.17) is 0 Å². The second-order valence-corrected chi connectivity index (χ2v) is 7.32. The van der Waals surface area contributed by atoms with Crippen LogP contribution in [0.2, 0.25) is 0 Å². The largest absolute Gasteiger partial charge is 0.416 e. The van der Waals surface area contributed by atoms with Gasteiger partial charge in [-0.1, -0.05) is 25.1 Å². The number of carbonyl (C=O) groups excluding carboxylic acids is 1. The number of hydrogen-bond donors (Lipinski definition) is 1. The van der Waals surface area contributed by atoms with Crippen molar-refractivity contribution in [2.75, 3.05) is 16.8 Å². The van der Waals surface area contributed by atoms with Crippen LogP contribution in [-0.4, -0.2) is 22.5 Å². The van der Waals surface area contributed by atoms with Gasteiger partial charge in [-0.25, -0.2) is 19.2 Å². The highest BCUT2D eigenvalue weighted by Crippen LogP contribution is 2.37. The summed E-state index contributed by atoms with van der Waals surface area (Å²) in [5.41, 5.74) is 0.687. The van der Waals surface area contributed by atoms with Gasteiger partial charge in [-0.05, 0) is 48.2 Å². The Morgan fingerprint density at radius 1 is 1.16 bits per heavy atom. The standard InChI is InChI=1S/C22H18F4N4O/c1-13-9-10-30(21(31)29-19-8-5-16(23)12-27-19)20-17(13)6-7-18(28-20)14-3-2-4-15(11-14)22(24,25)26/h2-8,11-13H,9-10H2,1H3,(H,27,29,31). The van der Waals surface area contributed by atoms with Gasteiger partial charge in [0.15, 0.2) is 0 Å². The molecule has 0 spiro atoms. The molecule has 0 aliphatic carbocycles. The highest BCUT2D eigenvalue weighted by molar-refractivity contribution is 6.01. The quantitative estimate of drug-likeness (QED) is 0.519. The Hall–Kier alpha value is -3.49. The Labute approximate surface area is 175 Å². The number of carbonyl (C=O) groups is 1. The van der Waals surface area contributed by atoms with Gasteiger partial charge >= 0.3 is 12.2 Å². The normalized spacial score (nSPS) is 16.0. The second kappa shape index (κ2) is 7.98. The highest BCUT2D eigenvalue weighted by Gasteiger charge is 2.31. The molecule has 31 heavy (non-hydrogen) atoms. The number of pyridine rings is 2. The van der Waals surface area contributed by atoms with E-state index < -0.39 is 23.6 Å². The molecule has 0 bridgehead atoms. The van der Waals surface area contributed by atoms with Crippen molar-refractivity contribution in [2.24, 2.45) is 0 Å². The smallest absolute Gasteiger partial charge is 0.292 e. The number of alkyl halides is 3. The van der Waals surface area contributed by atoms with Crippen molar-refractivity contribution < 1.29 is 22.4 Å². The zero-order chi connectivity index (χ0) is 22.2. The molecule has 9 heteroatoms. The highest BCUT2D eigenvalue weighted by atomic mass is 19.4. The Kier molecular flexibility index (Phi) is 5.34. The van der Waals surface area contributed by atoms with Crippen molar-refractivity contribution in [3.63, 3.8) is 0 Å². The average molecular weight is 430 g/mol. The van der Waals surface area contributed by atoms with Crippen molar-refractivity contribution in [3.05, 3.63) is 71.7 Å². The van der Waals surface area contributed by atoms with Gasteiger partial charge in [-0.3, -0.25) is 10.2 Å². The first-order valence-corrected chi connectivity index (χ1v) is 9.61. The van der Waals surface area contributed by atoms with Crippen LogP contribution in [0.25, 0.3) is 11.3 Å². The first kappa shape index (κ1) is 20.8. The summed E-state index contributed by atoms with van der Waals surface area (Å²) in [5.74, 6) is 0.169. The monoisotopic (exact) mass is 430 g/mol. The maximum Gasteiger partial charge on any atom is 0.416 e. The van der Waals surface area contributed by atoms with Crippen LogP contribution < -0.4 is 10.2 Å². The molecule has 3 aromatic rings. The van der Waals surface area contributed by atoms with E-state index in [0.29, 0.717) is 30.0 Å². The SMILES string of the molecule is CC1CCN(C(=O)Nc2ccc(F)cn2)c2nc(-c3cccc(C(F)(F)F)c3)ccc21. The summed E-state index contributed by atoms with van der Waals surface area (Å²) in [6.45, 7) is 2.38. The zero-order valence-electron chi connectivity index (χ0n) is 16.4. The molecule has 5 nitrogen and oxygen atoms in total. The summed E-state index contributed by atoms with van der Waals surface area (Å²) in [5, 5.41) is 2.60. The summed E-state index contributed by atoms with van der Waals surface area (Å²) in [7, 11) is 0. The van der Waals surface area contributed by atoms with Gasteiger partial charge in [0.2, 0.25) is 0 Å². The molecule has 1 aromatic carbocycles. The van der Waals surface area contributed by atoms with Crippen molar-refractivity contribution >= 4 is 17.7 Å². The van der Waals surface area contributed by atoms with E-state index in [0.717, 1.165) is 23.9 Å². The van der Waals surface area contributed by atoms with E-state index in [9.17, 15) is 22.4 Å². The van der Waals surface area contributed by atoms with Crippen molar-refractivity contribution in [2.45, 2.75) is 25.4 Å². The third kappa shape index (κ3) is 4.35. The van der Waals surface area contributed by atoms with Crippen LogP contribution in [0.5, 0.6) is 0 Å². The zero-order valence-corrected chi connectivity index (χ0v) is 16.4. The van der Waals surface area contributed by atoms with Crippen molar-refractivity contribution in [1.29, 1.82) is 0 Å². The molecular weight excluding hydrogens is 412 g/mol. The minimum Gasteiger partial charge on any atom is -0.292 e. The van der Waals surface area contributed by atoms with Crippen LogP contribution in [0, 0.1) is 5.82 Å². The predicted molar refractivity (Wildman–Crippen MR) is 108 cm³/mol. The number of fused-ring (bicyclic) bond motifs is 1. The lowest BCUT2D eigenvalue weighted by molar-refractivity contribution is -0.137. The molecule has 2 aromatic heterocycles. The molecule has 160 valence electrons. The number of halogens is 4. The number of benzene rings is 1. The fourth-order valence-electron chi connectivity index (χ4n) is 3.48. The van der Waals surface area contributed by atoms with E-state index in [1.165, 1.54) is 23.1 Å². The molecule has 1 unspecified atom stereocenters. The number of urea groups is 1. The van der Waals surface area contributed by atoms with E-state index in [1.54, 1.807) is 18.2 Å². The van der Waals surface area contributed by atoms with Crippen molar-refractivity contribution in [1.82, 2.24) is 9.97 Å². The number of rotatable bonds is 2. The predicted octanol–water partition coefficient (Wildman–Crippen LogP) is 5.85.